The third kappa shape index (κ3) is 4.08. The van der Waals surface area contributed by atoms with Crippen molar-refractivity contribution >= 4 is 43.4 Å². The Hall–Kier alpha value is -4.75. The van der Waals surface area contributed by atoms with Gasteiger partial charge in [0.05, 0.1) is 22.1 Å². The summed E-state index contributed by atoms with van der Waals surface area (Å²) in [5, 5.41) is 2.62. The van der Waals surface area contributed by atoms with E-state index in [1.165, 1.54) is 11.3 Å². The highest BCUT2D eigenvalue weighted by Crippen LogP contribution is 2.32. The Morgan fingerprint density at radius 1 is 0.846 bits per heavy atom. The monoisotopic (exact) mass is 525 g/mol. The van der Waals surface area contributed by atoms with Gasteiger partial charge >= 0.3 is 0 Å². The van der Waals surface area contributed by atoms with Crippen molar-refractivity contribution in [2.45, 2.75) is 19.3 Å². The fourth-order valence-corrected chi connectivity index (χ4v) is 5.98. The fraction of sp³-hybridized carbons (Fsp3) is 0.0938. The predicted octanol–water partition coefficient (Wildman–Crippen LogP) is 6.95. The first-order chi connectivity index (χ1) is 19.2. The second-order valence-corrected chi connectivity index (χ2v) is 10.5. The van der Waals surface area contributed by atoms with Crippen LogP contribution in [0.3, 0.4) is 0 Å². The first-order valence-electron chi connectivity index (χ1n) is 12.8. The molecular weight excluding hydrogens is 502 g/mol. The van der Waals surface area contributed by atoms with E-state index in [1.807, 2.05) is 83.6 Å². The van der Waals surface area contributed by atoms with Crippen molar-refractivity contribution in [3.63, 3.8) is 0 Å². The minimum atomic E-state index is -0.0502. The van der Waals surface area contributed by atoms with Crippen LogP contribution in [0, 0.1) is 0 Å². The lowest BCUT2D eigenvalue weighted by atomic mass is 9.94. The lowest BCUT2D eigenvalue weighted by Gasteiger charge is -2.21. The van der Waals surface area contributed by atoms with Crippen molar-refractivity contribution < 1.29 is 0 Å². The van der Waals surface area contributed by atoms with Gasteiger partial charge in [-0.1, -0.05) is 61.5 Å². The quantitative estimate of drug-likeness (QED) is 0.243. The summed E-state index contributed by atoms with van der Waals surface area (Å²) in [6.45, 7) is 2.14. The molecule has 0 aliphatic heterocycles. The van der Waals surface area contributed by atoms with E-state index in [0.29, 0.717) is 11.8 Å². The van der Waals surface area contributed by atoms with Crippen molar-refractivity contribution in [1.29, 1.82) is 0 Å². The van der Waals surface area contributed by atoms with Crippen LogP contribution in [0.2, 0.25) is 0 Å². The van der Waals surface area contributed by atoms with Crippen molar-refractivity contribution in [2.75, 3.05) is 0 Å². The number of pyridine rings is 2. The van der Waals surface area contributed by atoms with Gasteiger partial charge in [0.15, 0.2) is 0 Å². The Bertz CT molecular complexity index is 2050. The second kappa shape index (κ2) is 9.53. The standard InChI is InChI=1S/C32H23N5OS/c1-20(14-27-30-31(35-18-34-27)39-19-36-30)28-16-22-9-7-12-25(23-15-21-8-5-6-13-26(21)33-17-23)29(22)32(38)37(28)24-10-3-2-4-11-24/h2-13,15-20H,14H2,1H3/t20-/m1/s1. The maximum Gasteiger partial charge on any atom is 0.263 e. The average molecular weight is 526 g/mol. The van der Waals surface area contributed by atoms with Gasteiger partial charge in [-0.3, -0.25) is 14.3 Å². The number of hydrogen-bond acceptors (Lipinski definition) is 6. The molecule has 0 amide bonds. The summed E-state index contributed by atoms with van der Waals surface area (Å²) in [4.78, 5) is 33.4. The van der Waals surface area contributed by atoms with Gasteiger partial charge in [-0.25, -0.2) is 15.0 Å². The minimum Gasteiger partial charge on any atom is -0.280 e. The summed E-state index contributed by atoms with van der Waals surface area (Å²) >= 11 is 1.51. The Balaban J connectivity index is 1.44. The molecule has 0 bridgehead atoms. The molecule has 3 aromatic carbocycles. The molecule has 1 atom stereocenters. The molecule has 4 aromatic heterocycles. The van der Waals surface area contributed by atoms with E-state index in [4.69, 9.17) is 0 Å². The van der Waals surface area contributed by atoms with Crippen LogP contribution >= 0.6 is 11.3 Å². The van der Waals surface area contributed by atoms with Crippen LogP contribution in [0.15, 0.2) is 108 Å². The Morgan fingerprint density at radius 2 is 1.67 bits per heavy atom. The van der Waals surface area contributed by atoms with E-state index in [1.54, 1.807) is 11.8 Å². The largest absolute Gasteiger partial charge is 0.280 e. The van der Waals surface area contributed by atoms with E-state index in [2.05, 4.69) is 39.0 Å². The molecular formula is C32H23N5OS. The first-order valence-corrected chi connectivity index (χ1v) is 13.7. The minimum absolute atomic E-state index is 0.00639. The van der Waals surface area contributed by atoms with E-state index >= 15 is 0 Å². The normalized spacial score (nSPS) is 12.3. The Kier molecular flexibility index (Phi) is 5.71. The smallest absolute Gasteiger partial charge is 0.263 e. The predicted molar refractivity (Wildman–Crippen MR) is 158 cm³/mol. The van der Waals surface area contributed by atoms with Gasteiger partial charge in [0.2, 0.25) is 0 Å². The van der Waals surface area contributed by atoms with Crippen LogP contribution < -0.4 is 5.56 Å². The van der Waals surface area contributed by atoms with Crippen molar-refractivity contribution in [3.05, 3.63) is 125 Å². The van der Waals surface area contributed by atoms with Gasteiger partial charge in [-0.05, 0) is 41.3 Å². The van der Waals surface area contributed by atoms with Crippen LogP contribution in [0.5, 0.6) is 0 Å². The summed E-state index contributed by atoms with van der Waals surface area (Å²) in [5.41, 5.74) is 7.94. The molecule has 0 radical (unpaired) electrons. The summed E-state index contributed by atoms with van der Waals surface area (Å²) in [6.07, 6.45) is 4.08. The van der Waals surface area contributed by atoms with Crippen LogP contribution in [0.1, 0.15) is 24.2 Å². The average Bonchev–Trinajstić information content (AvgIpc) is 3.47. The number of rotatable bonds is 5. The lowest BCUT2D eigenvalue weighted by Crippen LogP contribution is -2.24. The van der Waals surface area contributed by atoms with Crippen molar-refractivity contribution in [1.82, 2.24) is 24.5 Å². The number of hydrogen-bond donors (Lipinski definition) is 0. The molecule has 0 spiro atoms. The number of thiazole rings is 1. The highest BCUT2D eigenvalue weighted by molar-refractivity contribution is 7.16. The van der Waals surface area contributed by atoms with Gasteiger partial charge in [-0.15, -0.1) is 11.3 Å². The van der Waals surface area contributed by atoms with Gasteiger partial charge in [0, 0.05) is 40.9 Å². The summed E-state index contributed by atoms with van der Waals surface area (Å²) in [5.74, 6) is -0.00639. The van der Waals surface area contributed by atoms with Crippen LogP contribution in [-0.2, 0) is 6.42 Å². The van der Waals surface area contributed by atoms with E-state index in [0.717, 1.165) is 54.8 Å². The third-order valence-electron chi connectivity index (χ3n) is 7.21. The van der Waals surface area contributed by atoms with E-state index in [-0.39, 0.29) is 11.5 Å². The molecule has 0 fully saturated rings. The van der Waals surface area contributed by atoms with Crippen LogP contribution in [-0.4, -0.2) is 24.5 Å². The molecule has 7 aromatic rings. The molecule has 188 valence electrons. The van der Waals surface area contributed by atoms with Crippen molar-refractivity contribution in [2.24, 2.45) is 0 Å². The summed E-state index contributed by atoms with van der Waals surface area (Å²) < 4.78 is 1.85. The maximum absolute atomic E-state index is 14.4. The van der Waals surface area contributed by atoms with Gasteiger partial charge < -0.3 is 0 Å². The van der Waals surface area contributed by atoms with E-state index < -0.39 is 0 Å². The molecule has 6 nitrogen and oxygen atoms in total. The maximum atomic E-state index is 14.4. The zero-order valence-electron chi connectivity index (χ0n) is 21.2. The molecule has 0 aliphatic rings. The number of aromatic nitrogens is 5. The number of nitrogens with zero attached hydrogens (tertiary/aromatic N) is 5. The highest BCUT2D eigenvalue weighted by atomic mass is 32.1. The summed E-state index contributed by atoms with van der Waals surface area (Å²) in [7, 11) is 0. The Morgan fingerprint density at radius 3 is 2.56 bits per heavy atom. The number of para-hydroxylation sites is 2. The molecule has 39 heavy (non-hydrogen) atoms. The lowest BCUT2D eigenvalue weighted by molar-refractivity contribution is 0.687. The molecule has 0 saturated carbocycles. The van der Waals surface area contributed by atoms with Gasteiger partial charge in [0.25, 0.3) is 5.56 Å². The zero-order valence-corrected chi connectivity index (χ0v) is 22.0. The van der Waals surface area contributed by atoms with E-state index in [9.17, 15) is 4.79 Å². The van der Waals surface area contributed by atoms with Gasteiger partial charge in [-0.2, -0.15) is 0 Å². The second-order valence-electron chi connectivity index (χ2n) is 9.66. The zero-order chi connectivity index (χ0) is 26.3. The third-order valence-corrected chi connectivity index (χ3v) is 7.94. The topological polar surface area (TPSA) is 73.6 Å². The first kappa shape index (κ1) is 23.4. The Labute approximate surface area is 228 Å². The van der Waals surface area contributed by atoms with Crippen LogP contribution in [0.25, 0.3) is 48.8 Å². The molecule has 0 unspecified atom stereocenters. The molecule has 0 saturated heterocycles. The molecule has 4 heterocycles. The van der Waals surface area contributed by atoms with Gasteiger partial charge in [0.1, 0.15) is 16.7 Å². The number of fused-ring (bicyclic) bond motifs is 3. The summed E-state index contributed by atoms with van der Waals surface area (Å²) in [6, 6.07) is 28.2. The molecule has 0 aliphatic carbocycles. The molecule has 0 N–H and O–H groups in total. The highest BCUT2D eigenvalue weighted by Gasteiger charge is 2.21. The SMILES string of the molecule is C[C@H](Cc1ncnc2scnc12)c1cc2cccc(-c3cnc4ccccc4c3)c2c(=O)n1-c1ccccc1. The number of benzene rings is 3. The molecule has 7 heteroatoms. The fourth-order valence-electron chi connectivity index (χ4n) is 5.33. The van der Waals surface area contributed by atoms with Crippen LogP contribution in [0.4, 0.5) is 0 Å². The van der Waals surface area contributed by atoms with Crippen molar-refractivity contribution in [3.8, 4) is 16.8 Å². The molecule has 7 rings (SSSR count).